The third kappa shape index (κ3) is 2.87. The summed E-state index contributed by atoms with van der Waals surface area (Å²) < 4.78 is 0. The summed E-state index contributed by atoms with van der Waals surface area (Å²) in [6.07, 6.45) is 1.52. The van der Waals surface area contributed by atoms with Gasteiger partial charge in [-0.05, 0) is 11.8 Å². The molecule has 1 aliphatic carbocycles. The third-order valence-corrected chi connectivity index (χ3v) is 4.15. The van der Waals surface area contributed by atoms with E-state index in [0.29, 0.717) is 13.0 Å². The Morgan fingerprint density at radius 1 is 1.61 bits per heavy atom. The molecule has 18 heavy (non-hydrogen) atoms. The second kappa shape index (κ2) is 4.68. The van der Waals surface area contributed by atoms with Crippen LogP contribution in [0.5, 0.6) is 0 Å². The van der Waals surface area contributed by atoms with Gasteiger partial charge in [0.05, 0.1) is 5.01 Å². The van der Waals surface area contributed by atoms with E-state index >= 15 is 0 Å². The molecule has 1 fully saturated rings. The van der Waals surface area contributed by atoms with E-state index < -0.39 is 5.97 Å². The maximum absolute atomic E-state index is 11.7. The molecule has 0 spiro atoms. The van der Waals surface area contributed by atoms with Crippen LogP contribution in [-0.2, 0) is 11.2 Å². The van der Waals surface area contributed by atoms with Crippen molar-refractivity contribution in [1.82, 2.24) is 10.3 Å². The molecule has 98 valence electrons. The molecule has 2 rings (SSSR count). The smallest absolute Gasteiger partial charge is 0.355 e. The van der Waals surface area contributed by atoms with E-state index in [-0.39, 0.29) is 22.9 Å². The van der Waals surface area contributed by atoms with Gasteiger partial charge in [0.15, 0.2) is 5.69 Å². The van der Waals surface area contributed by atoms with E-state index in [1.54, 1.807) is 0 Å². The number of nitrogens with zero attached hydrogens (tertiary/aromatic N) is 1. The molecule has 5 nitrogen and oxygen atoms in total. The van der Waals surface area contributed by atoms with Gasteiger partial charge in [-0.15, -0.1) is 11.3 Å². The lowest BCUT2D eigenvalue weighted by Gasteiger charge is -2.05. The molecule has 0 saturated heterocycles. The number of carboxylic acid groups (broad SMARTS) is 1. The van der Waals surface area contributed by atoms with Gasteiger partial charge in [-0.25, -0.2) is 9.78 Å². The van der Waals surface area contributed by atoms with Crippen molar-refractivity contribution in [3.8, 4) is 0 Å². The number of hydrogen-bond acceptors (Lipinski definition) is 4. The average molecular weight is 268 g/mol. The molecule has 1 aliphatic rings. The number of aromatic carboxylic acids is 1. The van der Waals surface area contributed by atoms with Crippen LogP contribution in [0.15, 0.2) is 5.38 Å². The Kier molecular flexibility index (Phi) is 3.38. The predicted molar refractivity (Wildman–Crippen MR) is 67.7 cm³/mol. The van der Waals surface area contributed by atoms with Crippen LogP contribution >= 0.6 is 11.3 Å². The zero-order chi connectivity index (χ0) is 13.3. The number of rotatable bonds is 5. The summed E-state index contributed by atoms with van der Waals surface area (Å²) in [6.45, 7) is 4.67. The van der Waals surface area contributed by atoms with Gasteiger partial charge >= 0.3 is 5.97 Å². The Hall–Kier alpha value is -1.43. The van der Waals surface area contributed by atoms with Gasteiger partial charge in [0.1, 0.15) is 0 Å². The van der Waals surface area contributed by atoms with Crippen molar-refractivity contribution in [1.29, 1.82) is 0 Å². The highest BCUT2D eigenvalue weighted by molar-refractivity contribution is 7.09. The van der Waals surface area contributed by atoms with E-state index in [1.165, 1.54) is 16.7 Å². The minimum Gasteiger partial charge on any atom is -0.476 e. The molecule has 0 bridgehead atoms. The summed E-state index contributed by atoms with van der Waals surface area (Å²) in [5, 5.41) is 13.8. The number of hydrogen-bond donors (Lipinski definition) is 2. The first kappa shape index (κ1) is 13.0. The summed E-state index contributed by atoms with van der Waals surface area (Å²) >= 11 is 1.31. The Bertz CT molecular complexity index is 481. The number of nitrogens with one attached hydrogen (secondary N) is 1. The molecule has 1 aromatic rings. The Labute approximate surface area is 109 Å². The second-order valence-corrected chi connectivity index (χ2v) is 6.16. The van der Waals surface area contributed by atoms with Crippen molar-refractivity contribution in [3.05, 3.63) is 16.1 Å². The largest absolute Gasteiger partial charge is 0.476 e. The van der Waals surface area contributed by atoms with E-state index in [1.807, 2.05) is 0 Å². The number of aromatic nitrogens is 1. The fraction of sp³-hybridized carbons (Fsp3) is 0.583. The highest BCUT2D eigenvalue weighted by Gasteiger charge is 2.50. The summed E-state index contributed by atoms with van der Waals surface area (Å²) in [7, 11) is 0. The van der Waals surface area contributed by atoms with Crippen molar-refractivity contribution in [3.63, 3.8) is 0 Å². The highest BCUT2D eigenvalue weighted by Crippen LogP contribution is 2.51. The number of carboxylic acids is 1. The van der Waals surface area contributed by atoms with Gasteiger partial charge in [-0.1, -0.05) is 13.8 Å². The van der Waals surface area contributed by atoms with Crippen molar-refractivity contribution in [2.75, 3.05) is 6.54 Å². The van der Waals surface area contributed by atoms with Crippen LogP contribution in [-0.4, -0.2) is 28.5 Å². The monoisotopic (exact) mass is 268 g/mol. The van der Waals surface area contributed by atoms with Crippen LogP contribution in [0.25, 0.3) is 0 Å². The lowest BCUT2D eigenvalue weighted by molar-refractivity contribution is -0.122. The van der Waals surface area contributed by atoms with Crippen molar-refractivity contribution in [2.24, 2.45) is 11.3 Å². The minimum absolute atomic E-state index is 0.0738. The van der Waals surface area contributed by atoms with Gasteiger partial charge < -0.3 is 10.4 Å². The standard InChI is InChI=1S/C12H16N2O3S/c1-12(2)5-7(12)10(15)13-4-3-9-14-8(6-18-9)11(16)17/h6-7H,3-5H2,1-2H3,(H,13,15)(H,16,17). The SMILES string of the molecule is CC1(C)CC1C(=O)NCCc1nc(C(=O)O)cs1. The molecule has 1 saturated carbocycles. The Balaban J connectivity index is 1.75. The fourth-order valence-corrected chi connectivity index (χ4v) is 2.63. The first-order chi connectivity index (χ1) is 8.40. The van der Waals surface area contributed by atoms with Gasteiger partial charge in [0.25, 0.3) is 0 Å². The van der Waals surface area contributed by atoms with Gasteiger partial charge in [-0.3, -0.25) is 4.79 Å². The molecular weight excluding hydrogens is 252 g/mol. The molecule has 0 aliphatic heterocycles. The van der Waals surface area contributed by atoms with Crippen molar-refractivity contribution in [2.45, 2.75) is 26.7 Å². The molecule has 1 aromatic heterocycles. The number of carbonyl (C=O) groups excluding carboxylic acids is 1. The van der Waals surface area contributed by atoms with Gasteiger partial charge in [-0.2, -0.15) is 0 Å². The van der Waals surface area contributed by atoms with Crippen LogP contribution in [0.1, 0.15) is 35.8 Å². The van der Waals surface area contributed by atoms with Gasteiger partial charge in [0, 0.05) is 24.3 Å². The highest BCUT2D eigenvalue weighted by atomic mass is 32.1. The van der Waals surface area contributed by atoms with Gasteiger partial charge in [0.2, 0.25) is 5.91 Å². The van der Waals surface area contributed by atoms with Crippen LogP contribution in [0, 0.1) is 11.3 Å². The molecule has 1 atom stereocenters. The lowest BCUT2D eigenvalue weighted by Crippen LogP contribution is -2.28. The zero-order valence-corrected chi connectivity index (χ0v) is 11.2. The summed E-state index contributed by atoms with van der Waals surface area (Å²) in [5.41, 5.74) is 0.214. The van der Waals surface area contributed by atoms with Crippen molar-refractivity contribution >= 4 is 23.2 Å². The molecule has 1 heterocycles. The molecule has 0 radical (unpaired) electrons. The quantitative estimate of drug-likeness (QED) is 0.849. The third-order valence-electron chi connectivity index (χ3n) is 3.24. The average Bonchev–Trinajstić information content (AvgIpc) is 2.75. The van der Waals surface area contributed by atoms with E-state index in [9.17, 15) is 9.59 Å². The Morgan fingerprint density at radius 3 is 2.78 bits per heavy atom. The predicted octanol–water partition coefficient (Wildman–Crippen LogP) is 1.55. The molecule has 6 heteroatoms. The summed E-state index contributed by atoms with van der Waals surface area (Å²) in [6, 6.07) is 0. The van der Waals surface area contributed by atoms with Crippen LogP contribution in [0.3, 0.4) is 0 Å². The second-order valence-electron chi connectivity index (χ2n) is 5.22. The topological polar surface area (TPSA) is 79.3 Å². The number of thiazole rings is 1. The maximum Gasteiger partial charge on any atom is 0.355 e. The maximum atomic E-state index is 11.7. The van der Waals surface area contributed by atoms with Crippen LogP contribution < -0.4 is 5.32 Å². The first-order valence-electron chi connectivity index (χ1n) is 5.85. The normalized spacial score (nSPS) is 20.4. The molecule has 0 aromatic carbocycles. The molecule has 1 unspecified atom stereocenters. The van der Waals surface area contributed by atoms with E-state index in [2.05, 4.69) is 24.1 Å². The minimum atomic E-state index is -1.01. The summed E-state index contributed by atoms with van der Waals surface area (Å²) in [4.78, 5) is 26.3. The number of amides is 1. The molecule has 2 N–H and O–H groups in total. The summed E-state index contributed by atoms with van der Waals surface area (Å²) in [5.74, 6) is -0.792. The van der Waals surface area contributed by atoms with Crippen LogP contribution in [0.2, 0.25) is 0 Å². The Morgan fingerprint density at radius 2 is 2.28 bits per heavy atom. The molecular formula is C12H16N2O3S. The fourth-order valence-electron chi connectivity index (χ4n) is 1.85. The van der Waals surface area contributed by atoms with Crippen molar-refractivity contribution < 1.29 is 14.7 Å². The number of carbonyl (C=O) groups is 2. The van der Waals surface area contributed by atoms with E-state index in [0.717, 1.165) is 11.4 Å². The van der Waals surface area contributed by atoms with E-state index in [4.69, 9.17) is 5.11 Å². The lowest BCUT2D eigenvalue weighted by atomic mass is 10.1. The van der Waals surface area contributed by atoms with Crippen LogP contribution in [0.4, 0.5) is 0 Å². The molecule has 1 amide bonds. The first-order valence-corrected chi connectivity index (χ1v) is 6.73. The zero-order valence-electron chi connectivity index (χ0n) is 10.4.